The number of aliphatic carboxylic acids is 1. The molecule has 0 fully saturated rings. The summed E-state index contributed by atoms with van der Waals surface area (Å²) in [6, 6.07) is 0. The molecule has 130 valence electrons. The summed E-state index contributed by atoms with van der Waals surface area (Å²) in [6.07, 6.45) is -6.35. The molecule has 1 unspecified atom stereocenters. The van der Waals surface area contributed by atoms with Crippen LogP contribution in [0.1, 0.15) is 30.0 Å². The van der Waals surface area contributed by atoms with Crippen molar-refractivity contribution >= 4 is 23.2 Å². The molecule has 0 spiro atoms. The van der Waals surface area contributed by atoms with Crippen molar-refractivity contribution in [2.75, 3.05) is 13.6 Å². The fourth-order valence-electron chi connectivity index (χ4n) is 1.79. The minimum atomic E-state index is -5.06. The molecule has 0 aliphatic heterocycles. The van der Waals surface area contributed by atoms with Crippen molar-refractivity contribution in [1.82, 2.24) is 9.88 Å². The van der Waals surface area contributed by atoms with Crippen molar-refractivity contribution in [3.05, 3.63) is 16.1 Å². The number of nitrogens with zero attached hydrogens (tertiary/aromatic N) is 2. The summed E-state index contributed by atoms with van der Waals surface area (Å²) in [5.41, 5.74) is -3.04. The van der Waals surface area contributed by atoms with Gasteiger partial charge in [0.2, 0.25) is 11.5 Å². The zero-order valence-electron chi connectivity index (χ0n) is 12.6. The maximum atomic E-state index is 13.2. The molecule has 1 heterocycles. The number of carboxylic acid groups (broad SMARTS) is 1. The highest BCUT2D eigenvalue weighted by atomic mass is 32.1. The molecule has 1 amide bonds. The van der Waals surface area contributed by atoms with Crippen LogP contribution in [0.25, 0.3) is 0 Å². The molecule has 0 bridgehead atoms. The topological polar surface area (TPSA) is 90.7 Å². The van der Waals surface area contributed by atoms with E-state index in [2.05, 4.69) is 4.98 Å². The van der Waals surface area contributed by atoms with Crippen LogP contribution in [0.4, 0.5) is 13.2 Å². The van der Waals surface area contributed by atoms with Gasteiger partial charge in [-0.1, -0.05) is 0 Å². The molecular weight excluding hydrogens is 337 g/mol. The fourth-order valence-corrected chi connectivity index (χ4v) is 2.70. The van der Waals surface area contributed by atoms with E-state index in [-0.39, 0.29) is 19.4 Å². The third kappa shape index (κ3) is 4.90. The average molecular weight is 354 g/mol. The van der Waals surface area contributed by atoms with Crippen molar-refractivity contribution in [2.24, 2.45) is 0 Å². The molecule has 23 heavy (non-hydrogen) atoms. The second kappa shape index (κ2) is 7.26. The Bertz CT molecular complexity index is 576. The highest BCUT2D eigenvalue weighted by Crippen LogP contribution is 2.43. The number of hydrogen-bond acceptors (Lipinski definition) is 5. The van der Waals surface area contributed by atoms with E-state index in [1.807, 2.05) is 0 Å². The molecular formula is C13H17F3N2O4S. The molecule has 0 aromatic carbocycles. The van der Waals surface area contributed by atoms with E-state index in [1.54, 1.807) is 0 Å². The summed E-state index contributed by atoms with van der Waals surface area (Å²) < 4.78 is 39.7. The van der Waals surface area contributed by atoms with Crippen LogP contribution in [0.5, 0.6) is 0 Å². The van der Waals surface area contributed by atoms with E-state index in [9.17, 15) is 27.9 Å². The Hall–Kier alpha value is -1.68. The number of alkyl halides is 3. The summed E-state index contributed by atoms with van der Waals surface area (Å²) in [7, 11) is 1.26. The van der Waals surface area contributed by atoms with E-state index in [0.717, 1.165) is 4.90 Å². The monoisotopic (exact) mass is 354 g/mol. The van der Waals surface area contributed by atoms with Gasteiger partial charge in [-0.05, 0) is 13.3 Å². The van der Waals surface area contributed by atoms with Gasteiger partial charge in [-0.2, -0.15) is 13.2 Å². The normalized spacial score (nSPS) is 14.3. The number of aryl methyl sites for hydroxylation is 1. The Balaban J connectivity index is 2.86. The first-order valence-electron chi connectivity index (χ1n) is 6.65. The molecule has 1 rings (SSSR count). The lowest BCUT2D eigenvalue weighted by molar-refractivity contribution is -0.268. The lowest BCUT2D eigenvalue weighted by Gasteiger charge is -2.29. The average Bonchev–Trinajstić information content (AvgIpc) is 2.83. The highest BCUT2D eigenvalue weighted by molar-refractivity contribution is 7.09. The standard InChI is InChI=1S/C13H17F3N2O4S/c1-8-7-23-11(17-8)12(22,13(14,15)16)6-9(19)18(2)5-3-4-10(20)21/h7,22H,3-6H2,1-2H3,(H,20,21). The van der Waals surface area contributed by atoms with Crippen LogP contribution in [-0.2, 0) is 15.2 Å². The van der Waals surface area contributed by atoms with Gasteiger partial charge < -0.3 is 15.1 Å². The van der Waals surface area contributed by atoms with Gasteiger partial charge >= 0.3 is 12.1 Å². The van der Waals surface area contributed by atoms with Gasteiger partial charge in [-0.25, -0.2) is 4.98 Å². The molecule has 0 aliphatic carbocycles. The number of carboxylic acids is 1. The number of carbonyl (C=O) groups is 2. The SMILES string of the molecule is Cc1csc(C(O)(CC(=O)N(C)CCCC(=O)O)C(F)(F)F)n1. The van der Waals surface area contributed by atoms with Crippen molar-refractivity contribution < 1.29 is 33.0 Å². The maximum Gasteiger partial charge on any atom is 0.424 e. The van der Waals surface area contributed by atoms with Crippen LogP contribution < -0.4 is 0 Å². The Morgan fingerprint density at radius 2 is 2.00 bits per heavy atom. The van der Waals surface area contributed by atoms with E-state index >= 15 is 0 Å². The van der Waals surface area contributed by atoms with Gasteiger partial charge in [-0.15, -0.1) is 11.3 Å². The summed E-state index contributed by atoms with van der Waals surface area (Å²) in [6.45, 7) is 1.46. The third-order valence-corrected chi connectivity index (χ3v) is 4.27. The number of aromatic nitrogens is 1. The summed E-state index contributed by atoms with van der Waals surface area (Å²) in [5.74, 6) is -2.00. The molecule has 0 saturated heterocycles. The lowest BCUT2D eigenvalue weighted by Crippen LogP contribution is -2.46. The van der Waals surface area contributed by atoms with Gasteiger partial charge in [0.25, 0.3) is 0 Å². The Labute approximate surface area is 134 Å². The molecule has 0 saturated carbocycles. The quantitative estimate of drug-likeness (QED) is 0.781. The summed E-state index contributed by atoms with van der Waals surface area (Å²) >= 11 is 0.629. The molecule has 6 nitrogen and oxygen atoms in total. The smallest absolute Gasteiger partial charge is 0.424 e. The number of halogens is 3. The number of amides is 1. The Morgan fingerprint density at radius 1 is 1.39 bits per heavy atom. The lowest BCUT2D eigenvalue weighted by atomic mass is 9.99. The van der Waals surface area contributed by atoms with Gasteiger partial charge in [-0.3, -0.25) is 9.59 Å². The summed E-state index contributed by atoms with van der Waals surface area (Å²) in [5, 5.41) is 19.3. The van der Waals surface area contributed by atoms with E-state index in [0.29, 0.717) is 17.0 Å². The number of thiazole rings is 1. The van der Waals surface area contributed by atoms with E-state index < -0.39 is 35.1 Å². The van der Waals surface area contributed by atoms with Gasteiger partial charge in [0.15, 0.2) is 0 Å². The molecule has 10 heteroatoms. The van der Waals surface area contributed by atoms with Crippen LogP contribution >= 0.6 is 11.3 Å². The number of carbonyl (C=O) groups excluding carboxylic acids is 1. The number of aliphatic hydroxyl groups is 1. The van der Waals surface area contributed by atoms with Crippen LogP contribution in [-0.4, -0.2) is 51.7 Å². The van der Waals surface area contributed by atoms with Crippen molar-refractivity contribution in [3.8, 4) is 0 Å². The van der Waals surface area contributed by atoms with Crippen molar-refractivity contribution in [2.45, 2.75) is 38.0 Å². The molecule has 1 aromatic heterocycles. The van der Waals surface area contributed by atoms with Crippen LogP contribution in [0, 0.1) is 6.92 Å². The predicted molar refractivity (Wildman–Crippen MR) is 75.9 cm³/mol. The summed E-state index contributed by atoms with van der Waals surface area (Å²) in [4.78, 5) is 27.0. The first-order chi connectivity index (χ1) is 10.5. The van der Waals surface area contributed by atoms with E-state index in [1.165, 1.54) is 19.4 Å². The second-order valence-corrected chi connectivity index (χ2v) is 6.00. The van der Waals surface area contributed by atoms with Crippen molar-refractivity contribution in [1.29, 1.82) is 0 Å². The van der Waals surface area contributed by atoms with Crippen LogP contribution in [0.2, 0.25) is 0 Å². The highest BCUT2D eigenvalue weighted by Gasteiger charge is 2.58. The first-order valence-corrected chi connectivity index (χ1v) is 7.53. The molecule has 1 atom stereocenters. The van der Waals surface area contributed by atoms with Gasteiger partial charge in [0, 0.05) is 31.1 Å². The number of hydrogen-bond donors (Lipinski definition) is 2. The zero-order chi connectivity index (χ0) is 17.8. The van der Waals surface area contributed by atoms with Crippen LogP contribution in [0.15, 0.2) is 5.38 Å². The molecule has 2 N–H and O–H groups in total. The third-order valence-electron chi connectivity index (χ3n) is 3.16. The largest absolute Gasteiger partial charge is 0.481 e. The Kier molecular flexibility index (Phi) is 6.11. The first kappa shape index (κ1) is 19.4. The zero-order valence-corrected chi connectivity index (χ0v) is 13.4. The molecule has 0 radical (unpaired) electrons. The number of rotatable bonds is 7. The minimum Gasteiger partial charge on any atom is -0.481 e. The van der Waals surface area contributed by atoms with Gasteiger partial charge in [0.1, 0.15) is 5.01 Å². The Morgan fingerprint density at radius 3 is 2.43 bits per heavy atom. The second-order valence-electron chi connectivity index (χ2n) is 5.14. The molecule has 0 aliphatic rings. The fraction of sp³-hybridized carbons (Fsp3) is 0.615. The van der Waals surface area contributed by atoms with Gasteiger partial charge in [0.05, 0.1) is 6.42 Å². The predicted octanol–water partition coefficient (Wildman–Crippen LogP) is 1.91. The maximum absolute atomic E-state index is 13.2. The van der Waals surface area contributed by atoms with Crippen LogP contribution in [0.3, 0.4) is 0 Å². The minimum absolute atomic E-state index is 0.0179. The molecule has 1 aromatic rings. The van der Waals surface area contributed by atoms with Crippen molar-refractivity contribution in [3.63, 3.8) is 0 Å². The van der Waals surface area contributed by atoms with E-state index in [4.69, 9.17) is 5.11 Å².